The van der Waals surface area contributed by atoms with Crippen molar-refractivity contribution in [2.24, 2.45) is 5.73 Å². The number of rotatable bonds is 4. The zero-order valence-corrected chi connectivity index (χ0v) is 8.31. The van der Waals surface area contributed by atoms with Gasteiger partial charge in [-0.25, -0.2) is 8.78 Å². The zero-order chi connectivity index (χ0) is 11.4. The van der Waals surface area contributed by atoms with E-state index < -0.39 is 17.5 Å². The largest absolute Gasteiger partial charge is 0.380 e. The molecular weight excluding hydrogens is 202 g/mol. The van der Waals surface area contributed by atoms with E-state index in [1.54, 1.807) is 0 Å². The average Bonchev–Trinajstić information content (AvgIpc) is 2.17. The smallest absolute Gasteiger partial charge is 0.219 e. The van der Waals surface area contributed by atoms with Crippen molar-refractivity contribution in [2.45, 2.75) is 13.3 Å². The lowest BCUT2D eigenvalue weighted by atomic mass is 10.2. The summed E-state index contributed by atoms with van der Waals surface area (Å²) in [6.45, 7) is 1.65. The molecule has 5 heteroatoms. The summed E-state index contributed by atoms with van der Waals surface area (Å²) < 4.78 is 26.5. The van der Waals surface area contributed by atoms with Gasteiger partial charge in [-0.05, 0) is 18.6 Å². The van der Waals surface area contributed by atoms with Gasteiger partial charge in [-0.3, -0.25) is 4.79 Å². The summed E-state index contributed by atoms with van der Waals surface area (Å²) in [5.74, 6) is -1.84. The monoisotopic (exact) mass is 214 g/mol. The third-order valence-electron chi connectivity index (χ3n) is 1.96. The highest BCUT2D eigenvalue weighted by molar-refractivity contribution is 5.74. The van der Waals surface area contributed by atoms with Crippen LogP contribution in [-0.4, -0.2) is 12.5 Å². The molecule has 82 valence electrons. The Hall–Kier alpha value is -1.65. The predicted molar refractivity (Wildman–Crippen MR) is 53.4 cm³/mol. The first kappa shape index (κ1) is 11.4. The number of hydrogen-bond acceptors (Lipinski definition) is 2. The van der Waals surface area contributed by atoms with Crippen LogP contribution in [0.4, 0.5) is 14.5 Å². The molecule has 3 nitrogen and oxygen atoms in total. The Morgan fingerprint density at radius 2 is 2.13 bits per heavy atom. The Labute approximate surface area is 86.3 Å². The maximum atomic E-state index is 13.4. The lowest BCUT2D eigenvalue weighted by molar-refractivity contribution is -0.117. The van der Waals surface area contributed by atoms with Crippen LogP contribution in [0.1, 0.15) is 12.0 Å². The number of benzene rings is 1. The lowest BCUT2D eigenvalue weighted by Gasteiger charge is -2.09. The van der Waals surface area contributed by atoms with E-state index in [9.17, 15) is 13.6 Å². The Bertz CT molecular complexity index is 380. The molecule has 0 saturated heterocycles. The number of primary amides is 1. The minimum absolute atomic E-state index is 0.0345. The van der Waals surface area contributed by atoms with E-state index in [0.29, 0.717) is 5.56 Å². The molecule has 0 heterocycles. The van der Waals surface area contributed by atoms with Gasteiger partial charge in [0.05, 0.1) is 0 Å². The standard InChI is InChI=1S/C10H12F2N2O/c1-6-2-3-7(11)10(9(6)12)14-5-4-8(13)15/h2-3,14H,4-5H2,1H3,(H2,13,15). The van der Waals surface area contributed by atoms with E-state index in [0.717, 1.165) is 0 Å². The first-order chi connectivity index (χ1) is 7.02. The molecule has 0 bridgehead atoms. The van der Waals surface area contributed by atoms with Gasteiger partial charge in [0, 0.05) is 13.0 Å². The zero-order valence-electron chi connectivity index (χ0n) is 8.31. The summed E-state index contributed by atoms with van der Waals surface area (Å²) >= 11 is 0. The van der Waals surface area contributed by atoms with Gasteiger partial charge in [0.1, 0.15) is 11.5 Å². The van der Waals surface area contributed by atoms with Gasteiger partial charge < -0.3 is 11.1 Å². The van der Waals surface area contributed by atoms with E-state index in [4.69, 9.17) is 5.73 Å². The molecule has 0 fully saturated rings. The summed E-state index contributed by atoms with van der Waals surface area (Å²) in [5, 5.41) is 2.50. The van der Waals surface area contributed by atoms with Crippen molar-refractivity contribution in [3.8, 4) is 0 Å². The van der Waals surface area contributed by atoms with E-state index in [2.05, 4.69) is 5.32 Å². The second-order valence-electron chi connectivity index (χ2n) is 3.20. The number of anilines is 1. The van der Waals surface area contributed by atoms with Crippen molar-refractivity contribution >= 4 is 11.6 Å². The number of nitrogens with two attached hydrogens (primary N) is 1. The van der Waals surface area contributed by atoms with E-state index in [-0.39, 0.29) is 18.7 Å². The van der Waals surface area contributed by atoms with Crippen LogP contribution in [0, 0.1) is 18.6 Å². The van der Waals surface area contributed by atoms with E-state index >= 15 is 0 Å². The topological polar surface area (TPSA) is 55.1 Å². The van der Waals surface area contributed by atoms with Crippen LogP contribution in [0.25, 0.3) is 0 Å². The van der Waals surface area contributed by atoms with Gasteiger partial charge in [-0.15, -0.1) is 0 Å². The molecule has 1 amide bonds. The number of carbonyl (C=O) groups is 1. The maximum Gasteiger partial charge on any atom is 0.219 e. The molecule has 0 aliphatic heterocycles. The normalized spacial score (nSPS) is 10.1. The molecule has 15 heavy (non-hydrogen) atoms. The van der Waals surface area contributed by atoms with Crippen LogP contribution >= 0.6 is 0 Å². The third-order valence-corrected chi connectivity index (χ3v) is 1.96. The molecule has 1 aromatic carbocycles. The minimum Gasteiger partial charge on any atom is -0.380 e. The van der Waals surface area contributed by atoms with E-state index in [1.807, 2.05) is 0 Å². The Balaban J connectivity index is 2.75. The predicted octanol–water partition coefficient (Wildman–Crippen LogP) is 1.56. The van der Waals surface area contributed by atoms with Gasteiger partial charge in [0.15, 0.2) is 5.82 Å². The van der Waals surface area contributed by atoms with Crippen LogP contribution in [-0.2, 0) is 4.79 Å². The Morgan fingerprint density at radius 3 is 2.73 bits per heavy atom. The molecule has 0 saturated carbocycles. The van der Waals surface area contributed by atoms with Crippen molar-refractivity contribution in [1.82, 2.24) is 0 Å². The maximum absolute atomic E-state index is 13.4. The molecule has 0 aromatic heterocycles. The summed E-state index contributed by atoms with van der Waals surface area (Å²) in [6, 6.07) is 2.52. The average molecular weight is 214 g/mol. The molecule has 1 aromatic rings. The highest BCUT2D eigenvalue weighted by Crippen LogP contribution is 2.21. The first-order valence-electron chi connectivity index (χ1n) is 4.49. The fraction of sp³-hybridized carbons (Fsp3) is 0.300. The molecule has 0 atom stereocenters. The second kappa shape index (κ2) is 4.72. The van der Waals surface area contributed by atoms with Crippen LogP contribution in [0.15, 0.2) is 12.1 Å². The first-order valence-corrected chi connectivity index (χ1v) is 4.49. The van der Waals surface area contributed by atoms with Crippen LogP contribution in [0.2, 0.25) is 0 Å². The number of nitrogens with one attached hydrogen (secondary N) is 1. The fourth-order valence-corrected chi connectivity index (χ4v) is 1.13. The van der Waals surface area contributed by atoms with Gasteiger partial charge in [-0.1, -0.05) is 6.07 Å². The van der Waals surface area contributed by atoms with Crippen molar-refractivity contribution in [2.75, 3.05) is 11.9 Å². The lowest BCUT2D eigenvalue weighted by Crippen LogP contribution is -2.16. The fourth-order valence-electron chi connectivity index (χ4n) is 1.13. The Kier molecular flexibility index (Phi) is 3.60. The molecular formula is C10H12F2N2O. The molecule has 0 spiro atoms. The SMILES string of the molecule is Cc1ccc(F)c(NCCC(N)=O)c1F. The van der Waals surface area contributed by atoms with Crippen molar-refractivity contribution < 1.29 is 13.6 Å². The molecule has 3 N–H and O–H groups in total. The van der Waals surface area contributed by atoms with E-state index in [1.165, 1.54) is 19.1 Å². The third kappa shape index (κ3) is 2.90. The van der Waals surface area contributed by atoms with Crippen molar-refractivity contribution in [3.05, 3.63) is 29.3 Å². The molecule has 0 radical (unpaired) electrons. The summed E-state index contributed by atoms with van der Waals surface area (Å²) in [7, 11) is 0. The van der Waals surface area contributed by atoms with Crippen LogP contribution < -0.4 is 11.1 Å². The number of halogens is 2. The van der Waals surface area contributed by atoms with Gasteiger partial charge in [0.25, 0.3) is 0 Å². The molecule has 1 rings (SSSR count). The summed E-state index contributed by atoms with van der Waals surface area (Å²) in [6.07, 6.45) is 0.0345. The number of carbonyl (C=O) groups excluding carboxylic acids is 1. The summed E-state index contributed by atoms with van der Waals surface area (Å²) in [5.41, 5.74) is 5.03. The number of amides is 1. The molecule has 0 aliphatic carbocycles. The van der Waals surface area contributed by atoms with Crippen molar-refractivity contribution in [1.29, 1.82) is 0 Å². The van der Waals surface area contributed by atoms with Crippen LogP contribution in [0.3, 0.4) is 0 Å². The van der Waals surface area contributed by atoms with Crippen molar-refractivity contribution in [3.63, 3.8) is 0 Å². The molecule has 0 aliphatic rings. The number of hydrogen-bond donors (Lipinski definition) is 2. The number of aryl methyl sites for hydroxylation is 1. The van der Waals surface area contributed by atoms with Gasteiger partial charge >= 0.3 is 0 Å². The second-order valence-corrected chi connectivity index (χ2v) is 3.20. The summed E-state index contributed by atoms with van der Waals surface area (Å²) in [4.78, 5) is 10.4. The quantitative estimate of drug-likeness (QED) is 0.799. The van der Waals surface area contributed by atoms with Gasteiger partial charge in [0.2, 0.25) is 5.91 Å². The highest BCUT2D eigenvalue weighted by atomic mass is 19.1. The minimum atomic E-state index is -0.678. The highest BCUT2D eigenvalue weighted by Gasteiger charge is 2.10. The molecule has 0 unspecified atom stereocenters. The van der Waals surface area contributed by atoms with Crippen LogP contribution in [0.5, 0.6) is 0 Å². The van der Waals surface area contributed by atoms with Gasteiger partial charge in [-0.2, -0.15) is 0 Å². The Morgan fingerprint density at radius 1 is 1.47 bits per heavy atom.